The molecule has 0 unspecified atom stereocenters. The number of aromatic nitrogens is 1. The molecule has 1 aromatic heterocycles. The molecular weight excluding hydrogens is 431 g/mol. The summed E-state index contributed by atoms with van der Waals surface area (Å²) in [7, 11) is 1.74. The van der Waals surface area contributed by atoms with E-state index in [9.17, 15) is 0 Å². The number of guanidine groups is 1. The number of hydrogen-bond acceptors (Lipinski definition) is 4. The molecule has 0 fully saturated rings. The molecule has 2 aromatic rings. The van der Waals surface area contributed by atoms with Crippen molar-refractivity contribution in [3.05, 3.63) is 53.4 Å². The molecule has 0 bridgehead atoms. The molecule has 0 saturated carbocycles. The number of halogens is 1. The minimum Gasteiger partial charge on any atom is -0.375 e. The van der Waals surface area contributed by atoms with Gasteiger partial charge in [-0.25, -0.2) is 0 Å². The van der Waals surface area contributed by atoms with Crippen LogP contribution in [0.25, 0.3) is 0 Å². The highest BCUT2D eigenvalue weighted by Gasteiger charge is 2.08. The van der Waals surface area contributed by atoms with Crippen molar-refractivity contribution in [1.29, 1.82) is 0 Å². The first kappa shape index (κ1) is 21.4. The molecule has 7 heteroatoms. The lowest BCUT2D eigenvalue weighted by atomic mass is 10.1. The normalized spacial score (nSPS) is 11.3. The number of benzene rings is 1. The van der Waals surface area contributed by atoms with Crippen LogP contribution in [-0.4, -0.2) is 31.3 Å². The van der Waals surface area contributed by atoms with Crippen LogP contribution < -0.4 is 10.6 Å². The average molecular weight is 458 g/mol. The zero-order valence-corrected chi connectivity index (χ0v) is 17.3. The van der Waals surface area contributed by atoms with E-state index in [1.807, 2.05) is 24.3 Å². The fraction of sp³-hybridized carbons (Fsp3) is 0.444. The monoisotopic (exact) mass is 458 g/mol. The second-order valence-corrected chi connectivity index (χ2v) is 5.76. The lowest BCUT2D eigenvalue weighted by Crippen LogP contribution is -2.38. The van der Waals surface area contributed by atoms with Gasteiger partial charge in [-0.3, -0.25) is 4.99 Å². The number of ether oxygens (including phenoxy) is 1. The first-order valence-electron chi connectivity index (χ1n) is 8.20. The molecule has 2 N–H and O–H groups in total. The Hall–Kier alpha value is -1.61. The maximum Gasteiger partial charge on any atom is 0.191 e. The predicted molar refractivity (Wildman–Crippen MR) is 110 cm³/mol. The van der Waals surface area contributed by atoms with Gasteiger partial charge in [0.15, 0.2) is 11.7 Å². The molecule has 0 aliphatic carbocycles. The Bertz CT molecular complexity index is 629. The standard InChI is InChI=1S/C18H26N4O2.HI/c1-14(2)17-11-16(24-22-17)12-21-18(19-3)20-9-10-23-13-15-7-5-4-6-8-15;/h4-8,11,14H,9-10,12-13H2,1-3H3,(H2,19,20,21);1H. The largest absolute Gasteiger partial charge is 0.375 e. The summed E-state index contributed by atoms with van der Waals surface area (Å²) in [5.41, 5.74) is 2.13. The smallest absolute Gasteiger partial charge is 0.191 e. The quantitative estimate of drug-likeness (QED) is 0.275. The van der Waals surface area contributed by atoms with E-state index >= 15 is 0 Å². The van der Waals surface area contributed by atoms with Crippen LogP contribution in [0.2, 0.25) is 0 Å². The molecule has 1 aromatic carbocycles. The maximum atomic E-state index is 5.63. The number of hydrogen-bond donors (Lipinski definition) is 2. The highest BCUT2D eigenvalue weighted by Crippen LogP contribution is 2.13. The van der Waals surface area contributed by atoms with E-state index in [2.05, 4.69) is 46.8 Å². The molecule has 138 valence electrons. The van der Waals surface area contributed by atoms with E-state index in [0.29, 0.717) is 38.2 Å². The molecule has 0 aliphatic heterocycles. The Kier molecular flexibility index (Phi) is 10.2. The SMILES string of the molecule is CN=C(NCCOCc1ccccc1)NCc1cc(C(C)C)no1.I. The molecule has 6 nitrogen and oxygen atoms in total. The zero-order valence-electron chi connectivity index (χ0n) is 15.0. The van der Waals surface area contributed by atoms with Crippen molar-refractivity contribution in [2.45, 2.75) is 32.9 Å². The van der Waals surface area contributed by atoms with Crippen molar-refractivity contribution in [3.8, 4) is 0 Å². The minimum atomic E-state index is 0. The third-order valence-corrected chi connectivity index (χ3v) is 3.47. The maximum absolute atomic E-state index is 5.63. The van der Waals surface area contributed by atoms with E-state index in [1.54, 1.807) is 7.05 Å². The summed E-state index contributed by atoms with van der Waals surface area (Å²) in [5, 5.41) is 10.4. The van der Waals surface area contributed by atoms with Gasteiger partial charge < -0.3 is 19.9 Å². The fourth-order valence-electron chi connectivity index (χ4n) is 2.08. The van der Waals surface area contributed by atoms with Crippen LogP contribution in [-0.2, 0) is 17.9 Å². The van der Waals surface area contributed by atoms with Gasteiger partial charge in [-0.1, -0.05) is 49.3 Å². The van der Waals surface area contributed by atoms with E-state index < -0.39 is 0 Å². The number of nitrogens with one attached hydrogen (secondary N) is 2. The van der Waals surface area contributed by atoms with Gasteiger partial charge in [0.25, 0.3) is 0 Å². The molecule has 0 aliphatic rings. The number of rotatable bonds is 8. The summed E-state index contributed by atoms with van der Waals surface area (Å²) in [4.78, 5) is 4.18. The van der Waals surface area contributed by atoms with Crippen LogP contribution in [0.5, 0.6) is 0 Å². The van der Waals surface area contributed by atoms with Gasteiger partial charge in [0, 0.05) is 19.7 Å². The third-order valence-electron chi connectivity index (χ3n) is 3.47. The van der Waals surface area contributed by atoms with Crippen LogP contribution in [0, 0.1) is 0 Å². The topological polar surface area (TPSA) is 71.7 Å². The van der Waals surface area contributed by atoms with Gasteiger partial charge in [0.05, 0.1) is 25.5 Å². The Morgan fingerprint density at radius 2 is 2.00 bits per heavy atom. The fourth-order valence-corrected chi connectivity index (χ4v) is 2.08. The van der Waals surface area contributed by atoms with Crippen LogP contribution in [0.3, 0.4) is 0 Å². The van der Waals surface area contributed by atoms with Gasteiger partial charge in [-0.15, -0.1) is 24.0 Å². The summed E-state index contributed by atoms with van der Waals surface area (Å²) in [6, 6.07) is 12.1. The summed E-state index contributed by atoms with van der Waals surface area (Å²) in [5.74, 6) is 1.87. The first-order valence-corrected chi connectivity index (χ1v) is 8.20. The lowest BCUT2D eigenvalue weighted by molar-refractivity contribution is 0.125. The highest BCUT2D eigenvalue weighted by atomic mass is 127. The predicted octanol–water partition coefficient (Wildman–Crippen LogP) is 3.30. The van der Waals surface area contributed by atoms with E-state index in [1.165, 1.54) is 5.56 Å². The van der Waals surface area contributed by atoms with Gasteiger partial charge in [-0.05, 0) is 11.5 Å². The molecule has 0 spiro atoms. The third kappa shape index (κ3) is 7.87. The summed E-state index contributed by atoms with van der Waals surface area (Å²) in [6.07, 6.45) is 0. The Labute approximate surface area is 166 Å². The molecule has 25 heavy (non-hydrogen) atoms. The van der Waals surface area contributed by atoms with E-state index in [4.69, 9.17) is 9.26 Å². The molecule has 0 saturated heterocycles. The second kappa shape index (κ2) is 11.9. The van der Waals surface area contributed by atoms with E-state index in [0.717, 1.165) is 11.5 Å². The van der Waals surface area contributed by atoms with Crippen LogP contribution in [0.1, 0.15) is 36.8 Å². The van der Waals surface area contributed by atoms with Gasteiger partial charge >= 0.3 is 0 Å². The molecule has 0 radical (unpaired) electrons. The van der Waals surface area contributed by atoms with E-state index in [-0.39, 0.29) is 24.0 Å². The van der Waals surface area contributed by atoms with Crippen LogP contribution in [0.4, 0.5) is 0 Å². The van der Waals surface area contributed by atoms with Gasteiger partial charge in [0.2, 0.25) is 0 Å². The van der Waals surface area contributed by atoms with Crippen LogP contribution in [0.15, 0.2) is 45.9 Å². The molecule has 1 heterocycles. The Morgan fingerprint density at radius 3 is 2.64 bits per heavy atom. The second-order valence-electron chi connectivity index (χ2n) is 5.76. The van der Waals surface area contributed by atoms with Crippen LogP contribution >= 0.6 is 24.0 Å². The zero-order chi connectivity index (χ0) is 17.2. The summed E-state index contributed by atoms with van der Waals surface area (Å²) in [6.45, 7) is 6.63. The molecule has 0 atom stereocenters. The van der Waals surface area contributed by atoms with Crippen molar-refractivity contribution in [3.63, 3.8) is 0 Å². The minimum absolute atomic E-state index is 0. The highest BCUT2D eigenvalue weighted by molar-refractivity contribution is 14.0. The average Bonchev–Trinajstić information content (AvgIpc) is 3.07. The number of aliphatic imine (C=N–C) groups is 1. The molecular formula is C18H27IN4O2. The van der Waals surface area contributed by atoms with Crippen molar-refractivity contribution in [2.24, 2.45) is 4.99 Å². The van der Waals surface area contributed by atoms with Crippen molar-refractivity contribution >= 4 is 29.9 Å². The van der Waals surface area contributed by atoms with Gasteiger partial charge in [-0.2, -0.15) is 0 Å². The summed E-state index contributed by atoms with van der Waals surface area (Å²) >= 11 is 0. The molecule has 0 amide bonds. The van der Waals surface area contributed by atoms with Crippen molar-refractivity contribution in [1.82, 2.24) is 15.8 Å². The number of nitrogens with zero attached hydrogens (tertiary/aromatic N) is 2. The van der Waals surface area contributed by atoms with Crippen molar-refractivity contribution in [2.75, 3.05) is 20.2 Å². The Morgan fingerprint density at radius 1 is 1.24 bits per heavy atom. The lowest BCUT2D eigenvalue weighted by Gasteiger charge is -2.11. The van der Waals surface area contributed by atoms with Crippen molar-refractivity contribution < 1.29 is 9.26 Å². The summed E-state index contributed by atoms with van der Waals surface area (Å²) < 4.78 is 10.9. The molecule has 2 rings (SSSR count). The first-order chi connectivity index (χ1) is 11.7. The van der Waals surface area contributed by atoms with Gasteiger partial charge in [0.1, 0.15) is 0 Å². The Balaban J connectivity index is 0.00000312.